The lowest BCUT2D eigenvalue weighted by Crippen LogP contribution is -2.15. The molecule has 0 aliphatic rings. The number of hydrogen-bond acceptors (Lipinski definition) is 4. The van der Waals surface area contributed by atoms with Gasteiger partial charge >= 0.3 is 5.63 Å². The fraction of sp³-hybridized carbons (Fsp3) is 0.0455. The van der Waals surface area contributed by atoms with Gasteiger partial charge in [-0.1, -0.05) is 46.3 Å². The highest BCUT2D eigenvalue weighted by Gasteiger charge is 2.19. The van der Waals surface area contributed by atoms with Crippen molar-refractivity contribution < 1.29 is 12.8 Å². The molecule has 0 saturated heterocycles. The Bertz CT molecular complexity index is 1400. The maximum atomic E-state index is 13.1. The van der Waals surface area contributed by atoms with Crippen LogP contribution in [0.2, 0.25) is 0 Å². The van der Waals surface area contributed by atoms with Crippen LogP contribution >= 0.6 is 31.9 Å². The molecule has 0 spiro atoms. The number of fused-ring (bicyclic) bond motifs is 1. The summed E-state index contributed by atoms with van der Waals surface area (Å²) in [5, 5.41) is 0.595. The first-order valence-electron chi connectivity index (χ1n) is 8.90. The van der Waals surface area contributed by atoms with Gasteiger partial charge in [0.05, 0.1) is 4.90 Å². The zero-order valence-electron chi connectivity index (χ0n) is 15.4. The molecular formula is C22H15Br2NO4S. The highest BCUT2D eigenvalue weighted by atomic mass is 79.9. The molecule has 4 aromatic rings. The van der Waals surface area contributed by atoms with Crippen molar-refractivity contribution in [2.24, 2.45) is 0 Å². The Labute approximate surface area is 190 Å². The number of nitrogens with one attached hydrogen (secondary N) is 1. The summed E-state index contributed by atoms with van der Waals surface area (Å²) in [6, 6.07) is 20.7. The zero-order chi connectivity index (χ0) is 21.3. The average molecular weight is 549 g/mol. The second-order valence-corrected chi connectivity index (χ2v) is 10.1. The quantitative estimate of drug-likeness (QED) is 0.324. The van der Waals surface area contributed by atoms with Gasteiger partial charge < -0.3 is 4.42 Å². The zero-order valence-corrected chi connectivity index (χ0v) is 19.4. The van der Waals surface area contributed by atoms with E-state index in [9.17, 15) is 13.2 Å². The topological polar surface area (TPSA) is 76.4 Å². The summed E-state index contributed by atoms with van der Waals surface area (Å²) in [4.78, 5) is 11.7. The van der Waals surface area contributed by atoms with E-state index in [4.69, 9.17) is 4.42 Å². The molecular weight excluding hydrogens is 534 g/mol. The number of anilines is 1. The van der Waals surface area contributed by atoms with Crippen molar-refractivity contribution in [1.29, 1.82) is 0 Å². The predicted octanol–water partition coefficient (Wildman–Crippen LogP) is 5.71. The van der Waals surface area contributed by atoms with Crippen LogP contribution in [-0.4, -0.2) is 8.42 Å². The maximum absolute atomic E-state index is 13.1. The Hall–Kier alpha value is -2.42. The lowest BCUT2D eigenvalue weighted by molar-refractivity contribution is 0.560. The normalized spacial score (nSPS) is 11.5. The van der Waals surface area contributed by atoms with E-state index in [1.807, 2.05) is 36.4 Å². The van der Waals surface area contributed by atoms with Crippen LogP contribution in [0.3, 0.4) is 0 Å². The molecule has 0 amide bonds. The Kier molecular flexibility index (Phi) is 5.81. The predicted molar refractivity (Wildman–Crippen MR) is 124 cm³/mol. The van der Waals surface area contributed by atoms with Gasteiger partial charge in [-0.05, 0) is 69.9 Å². The molecule has 5 nitrogen and oxygen atoms in total. The molecule has 0 aliphatic carbocycles. The minimum atomic E-state index is -3.83. The van der Waals surface area contributed by atoms with E-state index >= 15 is 0 Å². The van der Waals surface area contributed by atoms with Gasteiger partial charge in [0.2, 0.25) is 0 Å². The molecule has 3 aromatic carbocycles. The summed E-state index contributed by atoms with van der Waals surface area (Å²) < 4.78 is 35.5. The van der Waals surface area contributed by atoms with Crippen LogP contribution < -0.4 is 10.3 Å². The van der Waals surface area contributed by atoms with Gasteiger partial charge in [0, 0.05) is 26.1 Å². The average Bonchev–Trinajstić information content (AvgIpc) is 2.70. The number of sulfonamides is 1. The molecule has 0 unspecified atom stereocenters. The van der Waals surface area contributed by atoms with Gasteiger partial charge in [-0.15, -0.1) is 0 Å². The molecule has 1 N–H and O–H groups in total. The van der Waals surface area contributed by atoms with Gasteiger partial charge in [0.25, 0.3) is 10.0 Å². The SMILES string of the molecule is O=c1cc(Br)c2cc(NS(=O)(=O)c3ccccc3Cc3ccc(Br)cc3)ccc2o1. The first kappa shape index (κ1) is 20.8. The van der Waals surface area contributed by atoms with Crippen LogP contribution in [0.1, 0.15) is 11.1 Å². The Morgan fingerprint density at radius 3 is 2.40 bits per heavy atom. The maximum Gasteiger partial charge on any atom is 0.337 e. The van der Waals surface area contributed by atoms with Crippen LogP contribution in [0.4, 0.5) is 5.69 Å². The molecule has 0 saturated carbocycles. The number of hydrogen-bond donors (Lipinski definition) is 1. The highest BCUT2D eigenvalue weighted by molar-refractivity contribution is 9.11. The van der Waals surface area contributed by atoms with Gasteiger partial charge in [-0.25, -0.2) is 13.2 Å². The van der Waals surface area contributed by atoms with Gasteiger partial charge in [-0.3, -0.25) is 4.72 Å². The van der Waals surface area contributed by atoms with Crippen molar-refractivity contribution in [2.45, 2.75) is 11.3 Å². The van der Waals surface area contributed by atoms with Crippen LogP contribution in [0, 0.1) is 0 Å². The van der Waals surface area contributed by atoms with E-state index in [0.29, 0.717) is 33.1 Å². The van der Waals surface area contributed by atoms with Crippen LogP contribution in [0.5, 0.6) is 0 Å². The van der Waals surface area contributed by atoms with E-state index in [1.165, 1.54) is 6.07 Å². The van der Waals surface area contributed by atoms with Crippen LogP contribution in [-0.2, 0) is 16.4 Å². The van der Waals surface area contributed by atoms with Crippen molar-refractivity contribution in [3.8, 4) is 0 Å². The Morgan fingerprint density at radius 1 is 0.900 bits per heavy atom. The lowest BCUT2D eigenvalue weighted by Gasteiger charge is -2.13. The molecule has 0 fully saturated rings. The molecule has 4 rings (SSSR count). The third kappa shape index (κ3) is 4.50. The highest BCUT2D eigenvalue weighted by Crippen LogP contribution is 2.28. The van der Waals surface area contributed by atoms with E-state index in [0.717, 1.165) is 10.0 Å². The second-order valence-electron chi connectivity index (χ2n) is 6.64. The van der Waals surface area contributed by atoms with Crippen LogP contribution in [0.15, 0.2) is 95.8 Å². The summed E-state index contributed by atoms with van der Waals surface area (Å²) in [5.74, 6) is 0. The minimum Gasteiger partial charge on any atom is -0.423 e. The number of halogens is 2. The summed E-state index contributed by atoms with van der Waals surface area (Å²) in [6.45, 7) is 0. The van der Waals surface area contributed by atoms with Crippen LogP contribution in [0.25, 0.3) is 11.0 Å². The largest absolute Gasteiger partial charge is 0.423 e. The summed E-state index contributed by atoms with van der Waals surface area (Å²) >= 11 is 6.73. The summed E-state index contributed by atoms with van der Waals surface area (Å²) in [6.07, 6.45) is 0.485. The fourth-order valence-corrected chi connectivity index (χ4v) is 5.18. The molecule has 1 heterocycles. The Morgan fingerprint density at radius 2 is 1.63 bits per heavy atom. The van der Waals surface area contributed by atoms with E-state index < -0.39 is 15.6 Å². The minimum absolute atomic E-state index is 0.215. The molecule has 152 valence electrons. The molecule has 0 aliphatic heterocycles. The standard InChI is InChI=1S/C22H15Br2NO4S/c23-16-7-5-14(6-8-16)11-15-3-1-2-4-21(15)30(27,28)25-17-9-10-20-18(12-17)19(24)13-22(26)29-20/h1-10,12-13,25H,11H2. The molecule has 30 heavy (non-hydrogen) atoms. The fourth-order valence-electron chi connectivity index (χ4n) is 3.13. The molecule has 0 atom stereocenters. The lowest BCUT2D eigenvalue weighted by atomic mass is 10.1. The number of rotatable bonds is 5. The molecule has 8 heteroatoms. The molecule has 1 aromatic heterocycles. The number of benzene rings is 3. The summed E-state index contributed by atoms with van der Waals surface area (Å²) in [5.41, 5.74) is 1.96. The monoisotopic (exact) mass is 547 g/mol. The van der Waals surface area contributed by atoms with Crippen molar-refractivity contribution in [3.63, 3.8) is 0 Å². The molecule has 0 radical (unpaired) electrons. The summed E-state index contributed by atoms with van der Waals surface area (Å²) in [7, 11) is -3.83. The van der Waals surface area contributed by atoms with Crippen molar-refractivity contribution in [3.05, 3.63) is 103 Å². The van der Waals surface area contributed by atoms with Gasteiger partial charge in [0.15, 0.2) is 0 Å². The molecule has 0 bridgehead atoms. The first-order valence-corrected chi connectivity index (χ1v) is 12.0. The van der Waals surface area contributed by atoms with E-state index in [-0.39, 0.29) is 4.90 Å². The third-order valence-corrected chi connectivity index (χ3v) is 7.18. The van der Waals surface area contributed by atoms with Crippen molar-refractivity contribution >= 4 is 58.5 Å². The third-order valence-electron chi connectivity index (χ3n) is 4.51. The van der Waals surface area contributed by atoms with E-state index in [1.54, 1.807) is 30.3 Å². The van der Waals surface area contributed by atoms with E-state index in [2.05, 4.69) is 36.6 Å². The first-order chi connectivity index (χ1) is 14.3. The van der Waals surface area contributed by atoms with Crippen molar-refractivity contribution in [1.82, 2.24) is 0 Å². The smallest absolute Gasteiger partial charge is 0.337 e. The Balaban J connectivity index is 1.68. The van der Waals surface area contributed by atoms with Gasteiger partial charge in [0.1, 0.15) is 5.58 Å². The second kappa shape index (κ2) is 8.37. The van der Waals surface area contributed by atoms with Crippen molar-refractivity contribution in [2.75, 3.05) is 4.72 Å². The van der Waals surface area contributed by atoms with Gasteiger partial charge in [-0.2, -0.15) is 0 Å².